The number of amides is 1. The number of nitrogens with one attached hydrogen (secondary N) is 1. The smallest absolute Gasteiger partial charge is 0.243 e. The highest BCUT2D eigenvalue weighted by Gasteiger charge is 2.31. The number of benzene rings is 1. The van der Waals surface area contributed by atoms with E-state index in [0.717, 1.165) is 16.3 Å². The number of nitrogens with zero attached hydrogens (tertiary/aromatic N) is 1. The number of carbonyl (C=O) groups excluding carboxylic acids is 1. The first-order chi connectivity index (χ1) is 13.8. The van der Waals surface area contributed by atoms with Crippen LogP contribution in [0, 0.1) is 0 Å². The van der Waals surface area contributed by atoms with Crippen LogP contribution in [0.3, 0.4) is 0 Å². The van der Waals surface area contributed by atoms with Crippen LogP contribution in [-0.2, 0) is 14.8 Å². The molecule has 1 saturated carbocycles. The molecule has 0 aliphatic heterocycles. The third kappa shape index (κ3) is 6.70. The number of anilines is 1. The number of sulfonamides is 1. The Bertz CT molecular complexity index is 779. The first-order valence-electron chi connectivity index (χ1n) is 9.88. The maximum Gasteiger partial charge on any atom is 0.243 e. The Morgan fingerprint density at radius 2 is 1.93 bits per heavy atom. The molecule has 1 aromatic carbocycles. The van der Waals surface area contributed by atoms with Crippen molar-refractivity contribution in [2.45, 2.75) is 50.3 Å². The molecule has 1 fully saturated rings. The Hall–Kier alpha value is -1.61. The minimum Gasteiger partial charge on any atom is -0.497 e. The van der Waals surface area contributed by atoms with Crippen LogP contribution in [0.25, 0.3) is 0 Å². The molecule has 0 aromatic heterocycles. The van der Waals surface area contributed by atoms with E-state index in [1.807, 2.05) is 11.8 Å². The molecule has 1 atom stereocenters. The molecule has 1 aromatic rings. The van der Waals surface area contributed by atoms with Gasteiger partial charge in [0.2, 0.25) is 15.9 Å². The van der Waals surface area contributed by atoms with Crippen molar-refractivity contribution in [2.75, 3.05) is 37.1 Å². The first kappa shape index (κ1) is 23.7. The fourth-order valence-corrected chi connectivity index (χ4v) is 5.92. The lowest BCUT2D eigenvalue weighted by Crippen LogP contribution is -2.48. The summed E-state index contributed by atoms with van der Waals surface area (Å²) in [5.41, 5.74) is 0.272. The predicted molar refractivity (Wildman–Crippen MR) is 119 cm³/mol. The van der Waals surface area contributed by atoms with E-state index in [9.17, 15) is 13.2 Å². The van der Waals surface area contributed by atoms with E-state index in [4.69, 9.17) is 9.47 Å². The lowest BCUT2D eigenvalue weighted by molar-refractivity contribution is -0.121. The van der Waals surface area contributed by atoms with Crippen molar-refractivity contribution in [1.29, 1.82) is 0 Å². The summed E-state index contributed by atoms with van der Waals surface area (Å²) in [6.45, 7) is 2.08. The summed E-state index contributed by atoms with van der Waals surface area (Å²) < 4.78 is 36.7. The van der Waals surface area contributed by atoms with E-state index in [1.54, 1.807) is 25.1 Å². The second-order valence-electron chi connectivity index (χ2n) is 7.19. The quantitative estimate of drug-likeness (QED) is 0.559. The van der Waals surface area contributed by atoms with Gasteiger partial charge in [-0.1, -0.05) is 19.3 Å². The summed E-state index contributed by atoms with van der Waals surface area (Å²) in [4.78, 5) is 12.7. The number of thioether (sulfide) groups is 1. The fourth-order valence-electron chi connectivity index (χ4n) is 3.53. The Morgan fingerprint density at radius 3 is 2.52 bits per heavy atom. The van der Waals surface area contributed by atoms with Crippen molar-refractivity contribution < 1.29 is 22.7 Å². The van der Waals surface area contributed by atoms with Crippen LogP contribution in [0.2, 0.25) is 0 Å². The normalized spacial score (nSPS) is 16.1. The molecule has 1 amide bonds. The van der Waals surface area contributed by atoms with Crippen molar-refractivity contribution >= 4 is 33.4 Å². The molecule has 1 aliphatic rings. The van der Waals surface area contributed by atoms with E-state index in [2.05, 4.69) is 5.32 Å². The van der Waals surface area contributed by atoms with Gasteiger partial charge in [-0.2, -0.15) is 11.8 Å². The molecule has 0 unspecified atom stereocenters. The number of hydrogen-bond donors (Lipinski definition) is 1. The molecule has 164 valence electrons. The van der Waals surface area contributed by atoms with Crippen molar-refractivity contribution in [2.24, 2.45) is 0 Å². The van der Waals surface area contributed by atoms with Gasteiger partial charge in [0.15, 0.2) is 0 Å². The minimum atomic E-state index is -3.74. The summed E-state index contributed by atoms with van der Waals surface area (Å²) in [6.07, 6.45) is 7.45. The lowest BCUT2D eigenvalue weighted by Gasteiger charge is -2.29. The molecular formula is C20H32N2O5S2. The topological polar surface area (TPSA) is 84.9 Å². The second-order valence-corrected chi connectivity index (χ2v) is 10.5. The van der Waals surface area contributed by atoms with Gasteiger partial charge in [-0.25, -0.2) is 8.42 Å². The van der Waals surface area contributed by atoms with Gasteiger partial charge in [0.05, 0.1) is 26.2 Å². The van der Waals surface area contributed by atoms with Gasteiger partial charge in [0.1, 0.15) is 17.5 Å². The average Bonchev–Trinajstić information content (AvgIpc) is 2.70. The van der Waals surface area contributed by atoms with E-state index < -0.39 is 16.1 Å². The first-order valence-corrected chi connectivity index (χ1v) is 12.8. The zero-order valence-electron chi connectivity index (χ0n) is 17.6. The lowest BCUT2D eigenvalue weighted by atomic mass is 10.0. The average molecular weight is 445 g/mol. The van der Waals surface area contributed by atoms with E-state index >= 15 is 0 Å². The number of methoxy groups -OCH3 is 2. The minimum absolute atomic E-state index is 0.272. The van der Waals surface area contributed by atoms with Crippen LogP contribution in [0.1, 0.15) is 39.0 Å². The standard InChI is InChI=1S/C20H32N2O5S2/c1-15(20(23)21-12-13-28-17-8-6-5-7-9-17)22(29(4,24)25)18-14-16(26-2)10-11-19(18)27-3/h10-11,14-15,17H,5-9,12-13H2,1-4H3,(H,21,23)/t15-/m1/s1. The zero-order valence-corrected chi connectivity index (χ0v) is 19.3. The van der Waals surface area contributed by atoms with Crippen molar-refractivity contribution in [3.8, 4) is 11.5 Å². The Balaban J connectivity index is 2.07. The molecule has 0 bridgehead atoms. The van der Waals surface area contributed by atoms with Crippen LogP contribution >= 0.6 is 11.8 Å². The van der Waals surface area contributed by atoms with E-state index in [-0.39, 0.29) is 11.6 Å². The summed E-state index contributed by atoms with van der Waals surface area (Å²) in [5.74, 6) is 1.31. The Kier molecular flexibility index (Phi) is 8.95. The molecular weight excluding hydrogens is 412 g/mol. The highest BCUT2D eigenvalue weighted by atomic mass is 32.2. The summed E-state index contributed by atoms with van der Waals surface area (Å²) in [5, 5.41) is 3.55. The van der Waals surface area contributed by atoms with Crippen molar-refractivity contribution in [1.82, 2.24) is 5.32 Å². The predicted octanol–water partition coefficient (Wildman–Crippen LogP) is 3.04. The molecule has 0 radical (unpaired) electrons. The third-order valence-corrected chi connectivity index (χ3v) is 7.63. The van der Waals surface area contributed by atoms with Gasteiger partial charge in [-0.05, 0) is 31.9 Å². The van der Waals surface area contributed by atoms with Crippen molar-refractivity contribution in [3.63, 3.8) is 0 Å². The molecule has 0 spiro atoms. The largest absolute Gasteiger partial charge is 0.497 e. The molecule has 29 heavy (non-hydrogen) atoms. The molecule has 1 N–H and O–H groups in total. The highest BCUT2D eigenvalue weighted by Crippen LogP contribution is 2.35. The Labute approximate surface area is 178 Å². The van der Waals surface area contributed by atoms with Gasteiger partial charge in [0, 0.05) is 23.6 Å². The fraction of sp³-hybridized carbons (Fsp3) is 0.650. The van der Waals surface area contributed by atoms with Crippen LogP contribution in [0.15, 0.2) is 18.2 Å². The van der Waals surface area contributed by atoms with E-state index in [1.165, 1.54) is 46.3 Å². The van der Waals surface area contributed by atoms with Crippen LogP contribution < -0.4 is 19.1 Å². The highest BCUT2D eigenvalue weighted by molar-refractivity contribution is 7.99. The van der Waals surface area contributed by atoms with Crippen LogP contribution in [0.4, 0.5) is 5.69 Å². The summed E-state index contributed by atoms with van der Waals surface area (Å²) in [7, 11) is -0.782. The van der Waals surface area contributed by atoms with Gasteiger partial charge in [-0.3, -0.25) is 9.10 Å². The van der Waals surface area contributed by atoms with Crippen molar-refractivity contribution in [3.05, 3.63) is 18.2 Å². The number of rotatable bonds is 10. The number of hydrogen-bond acceptors (Lipinski definition) is 6. The van der Waals surface area contributed by atoms with Gasteiger partial charge < -0.3 is 14.8 Å². The Morgan fingerprint density at radius 1 is 1.24 bits per heavy atom. The van der Waals surface area contributed by atoms with Gasteiger partial charge >= 0.3 is 0 Å². The van der Waals surface area contributed by atoms with Gasteiger partial charge in [-0.15, -0.1) is 0 Å². The molecule has 9 heteroatoms. The van der Waals surface area contributed by atoms with Crippen LogP contribution in [0.5, 0.6) is 11.5 Å². The number of ether oxygens (including phenoxy) is 2. The maximum atomic E-state index is 12.7. The monoisotopic (exact) mass is 444 g/mol. The SMILES string of the molecule is COc1ccc(OC)c(N([C@H](C)C(=O)NCCSC2CCCCC2)S(C)(=O)=O)c1. The van der Waals surface area contributed by atoms with Gasteiger partial charge in [0.25, 0.3) is 0 Å². The molecule has 7 nitrogen and oxygen atoms in total. The molecule has 1 aliphatic carbocycles. The number of carbonyl (C=O) groups is 1. The zero-order chi connectivity index (χ0) is 21.4. The maximum absolute atomic E-state index is 12.7. The third-order valence-electron chi connectivity index (χ3n) is 5.02. The molecule has 2 rings (SSSR count). The molecule has 0 saturated heterocycles. The van der Waals surface area contributed by atoms with Crippen LogP contribution in [-0.4, -0.2) is 58.4 Å². The molecule has 0 heterocycles. The summed E-state index contributed by atoms with van der Waals surface area (Å²) in [6, 6.07) is 3.93. The summed E-state index contributed by atoms with van der Waals surface area (Å²) >= 11 is 1.89. The second kappa shape index (κ2) is 11.0. The van der Waals surface area contributed by atoms with E-state index in [0.29, 0.717) is 23.3 Å².